The summed E-state index contributed by atoms with van der Waals surface area (Å²) in [5, 5.41) is 0. The largest absolute Gasteiger partial charge is 0.544 e. The first-order valence-corrected chi connectivity index (χ1v) is 12.9. The number of terminal acetylenes is 1. The molecule has 0 unspecified atom stereocenters. The zero-order valence-corrected chi connectivity index (χ0v) is 14.1. The van der Waals surface area contributed by atoms with Crippen molar-refractivity contribution >= 4 is 16.6 Å². The Morgan fingerprint density at radius 3 is 1.50 bits per heavy atom. The normalized spacial score (nSPS) is 11.8. The van der Waals surface area contributed by atoms with Crippen molar-refractivity contribution in [2.75, 3.05) is 0 Å². The Morgan fingerprint density at radius 1 is 0.833 bits per heavy atom. The molecule has 0 aliphatic rings. The molecule has 0 spiro atoms. The molecule has 4 heteroatoms. The lowest BCUT2D eigenvalue weighted by Crippen LogP contribution is -2.30. The van der Waals surface area contributed by atoms with Crippen molar-refractivity contribution < 1.29 is 8.85 Å². The van der Waals surface area contributed by atoms with Crippen molar-refractivity contribution in [2.45, 2.75) is 39.3 Å². The van der Waals surface area contributed by atoms with Crippen molar-refractivity contribution in [2.24, 2.45) is 0 Å². The van der Waals surface area contributed by atoms with Gasteiger partial charge in [0, 0.05) is 11.6 Å². The smallest absolute Gasteiger partial charge is 0.242 e. The average Bonchev–Trinajstić information content (AvgIpc) is 2.11. The van der Waals surface area contributed by atoms with Crippen LogP contribution in [0, 0.1) is 12.3 Å². The molecule has 98 valence electrons. The van der Waals surface area contributed by atoms with E-state index >= 15 is 0 Å². The average molecular weight is 278 g/mol. The second-order valence-corrected chi connectivity index (χ2v) is 15.1. The van der Waals surface area contributed by atoms with Gasteiger partial charge in [0.2, 0.25) is 16.6 Å². The van der Waals surface area contributed by atoms with Gasteiger partial charge < -0.3 is 8.85 Å². The van der Waals surface area contributed by atoms with Gasteiger partial charge in [-0.15, -0.1) is 6.42 Å². The van der Waals surface area contributed by atoms with E-state index in [0.29, 0.717) is 0 Å². The van der Waals surface area contributed by atoms with Crippen LogP contribution in [-0.4, -0.2) is 16.6 Å². The van der Waals surface area contributed by atoms with Gasteiger partial charge >= 0.3 is 0 Å². The first-order chi connectivity index (χ1) is 8.09. The van der Waals surface area contributed by atoms with Crippen LogP contribution in [0.2, 0.25) is 39.3 Å². The predicted octanol–water partition coefficient (Wildman–Crippen LogP) is 4.10. The SMILES string of the molecule is C#Cc1cc(O[Si](C)(C)C)cc(O[Si](C)(C)C)c1. The molecule has 0 amide bonds. The van der Waals surface area contributed by atoms with Gasteiger partial charge in [0.15, 0.2) is 0 Å². The molecular weight excluding hydrogens is 256 g/mol. The molecule has 0 atom stereocenters. The lowest BCUT2D eigenvalue weighted by molar-refractivity contribution is 0.533. The Kier molecular flexibility index (Phi) is 4.30. The van der Waals surface area contributed by atoms with Gasteiger partial charge in [-0.25, -0.2) is 0 Å². The fourth-order valence-electron chi connectivity index (χ4n) is 1.48. The van der Waals surface area contributed by atoms with Crippen LogP contribution in [0.3, 0.4) is 0 Å². The Labute approximate surface area is 113 Å². The predicted molar refractivity (Wildman–Crippen MR) is 82.3 cm³/mol. The number of hydrogen-bond donors (Lipinski definition) is 0. The minimum Gasteiger partial charge on any atom is -0.544 e. The third kappa shape index (κ3) is 5.43. The lowest BCUT2D eigenvalue weighted by Gasteiger charge is -2.23. The van der Waals surface area contributed by atoms with Crippen molar-refractivity contribution in [3.05, 3.63) is 23.8 Å². The summed E-state index contributed by atoms with van der Waals surface area (Å²) in [5.74, 6) is 4.29. The fourth-order valence-corrected chi connectivity index (χ4v) is 3.13. The highest BCUT2D eigenvalue weighted by molar-refractivity contribution is 6.70. The van der Waals surface area contributed by atoms with E-state index in [2.05, 4.69) is 45.2 Å². The Hall–Kier alpha value is -1.19. The molecular formula is C14H22O2Si2. The minimum absolute atomic E-state index is 0.805. The third-order valence-electron chi connectivity index (χ3n) is 1.89. The van der Waals surface area contributed by atoms with Gasteiger partial charge in [0.1, 0.15) is 11.5 Å². The topological polar surface area (TPSA) is 18.5 Å². The maximum absolute atomic E-state index is 5.98. The van der Waals surface area contributed by atoms with Gasteiger partial charge in [-0.1, -0.05) is 5.92 Å². The Morgan fingerprint density at radius 2 is 1.22 bits per heavy atom. The van der Waals surface area contributed by atoms with Gasteiger partial charge in [0.05, 0.1) is 0 Å². The van der Waals surface area contributed by atoms with Crippen molar-refractivity contribution in [3.63, 3.8) is 0 Å². The minimum atomic E-state index is -1.63. The van der Waals surface area contributed by atoms with Gasteiger partial charge in [0.25, 0.3) is 0 Å². The lowest BCUT2D eigenvalue weighted by atomic mass is 10.2. The van der Waals surface area contributed by atoms with Crippen LogP contribution in [0.5, 0.6) is 11.5 Å². The summed E-state index contributed by atoms with van der Waals surface area (Å²) in [6.45, 7) is 12.9. The molecule has 0 heterocycles. The molecule has 0 aliphatic heterocycles. The van der Waals surface area contributed by atoms with Gasteiger partial charge in [-0.3, -0.25) is 0 Å². The van der Waals surface area contributed by atoms with Crippen molar-refractivity contribution in [1.82, 2.24) is 0 Å². The van der Waals surface area contributed by atoms with Crippen LogP contribution < -0.4 is 8.85 Å². The molecule has 0 aliphatic carbocycles. The molecule has 1 aromatic carbocycles. The second kappa shape index (κ2) is 5.21. The van der Waals surface area contributed by atoms with Crippen molar-refractivity contribution in [1.29, 1.82) is 0 Å². The van der Waals surface area contributed by atoms with E-state index in [0.717, 1.165) is 17.1 Å². The summed E-state index contributed by atoms with van der Waals surface area (Å²) in [4.78, 5) is 0. The third-order valence-corrected chi connectivity index (χ3v) is 3.59. The van der Waals surface area contributed by atoms with Crippen LogP contribution in [-0.2, 0) is 0 Å². The summed E-state index contributed by atoms with van der Waals surface area (Å²) in [6, 6.07) is 5.74. The molecule has 0 saturated heterocycles. The van der Waals surface area contributed by atoms with E-state index in [1.807, 2.05) is 18.2 Å². The summed E-state index contributed by atoms with van der Waals surface area (Å²) in [5.41, 5.74) is 0.805. The van der Waals surface area contributed by atoms with Crippen LogP contribution in [0.4, 0.5) is 0 Å². The quantitative estimate of drug-likeness (QED) is 0.610. The highest BCUT2D eigenvalue weighted by Gasteiger charge is 2.19. The summed E-state index contributed by atoms with van der Waals surface area (Å²) >= 11 is 0. The maximum atomic E-state index is 5.98. The standard InChI is InChI=1S/C14H22O2Si2/c1-8-12-9-13(15-17(2,3)4)11-14(10-12)16-18(5,6)7/h1,9-11H,2-7H3. The molecule has 0 bridgehead atoms. The summed E-state index contributed by atoms with van der Waals surface area (Å²) in [7, 11) is -3.26. The van der Waals surface area contributed by atoms with E-state index < -0.39 is 16.6 Å². The zero-order valence-electron chi connectivity index (χ0n) is 12.1. The van der Waals surface area contributed by atoms with Crippen LogP contribution >= 0.6 is 0 Å². The second-order valence-electron chi connectivity index (χ2n) is 6.27. The molecule has 18 heavy (non-hydrogen) atoms. The zero-order chi connectivity index (χ0) is 14.0. The summed E-state index contributed by atoms with van der Waals surface area (Å²) in [6.07, 6.45) is 5.48. The molecule has 1 aromatic rings. The van der Waals surface area contributed by atoms with E-state index in [9.17, 15) is 0 Å². The van der Waals surface area contributed by atoms with Crippen LogP contribution in [0.15, 0.2) is 18.2 Å². The molecule has 1 rings (SSSR count). The molecule has 0 fully saturated rings. The van der Waals surface area contributed by atoms with Gasteiger partial charge in [-0.2, -0.15) is 0 Å². The van der Waals surface area contributed by atoms with E-state index in [1.165, 1.54) is 0 Å². The number of rotatable bonds is 4. The van der Waals surface area contributed by atoms with Crippen LogP contribution in [0.25, 0.3) is 0 Å². The molecule has 0 saturated carbocycles. The van der Waals surface area contributed by atoms with Crippen molar-refractivity contribution in [3.8, 4) is 23.8 Å². The number of benzene rings is 1. The van der Waals surface area contributed by atoms with E-state index in [-0.39, 0.29) is 0 Å². The molecule has 2 nitrogen and oxygen atoms in total. The highest BCUT2D eigenvalue weighted by atomic mass is 28.4. The molecule has 0 radical (unpaired) electrons. The van der Waals surface area contributed by atoms with Gasteiger partial charge in [-0.05, 0) is 51.4 Å². The monoisotopic (exact) mass is 278 g/mol. The molecule has 0 N–H and O–H groups in total. The first kappa shape index (κ1) is 14.9. The Bertz CT molecular complexity index is 428. The van der Waals surface area contributed by atoms with Crippen LogP contribution in [0.1, 0.15) is 5.56 Å². The van der Waals surface area contributed by atoms with E-state index in [4.69, 9.17) is 15.3 Å². The first-order valence-electron chi connectivity index (χ1n) is 6.09. The van der Waals surface area contributed by atoms with E-state index in [1.54, 1.807) is 0 Å². The Balaban J connectivity index is 3.07. The molecule has 0 aromatic heterocycles. The summed E-state index contributed by atoms with van der Waals surface area (Å²) < 4.78 is 12.0. The fraction of sp³-hybridized carbons (Fsp3) is 0.429. The number of hydrogen-bond acceptors (Lipinski definition) is 2. The highest BCUT2D eigenvalue weighted by Crippen LogP contribution is 2.26. The maximum Gasteiger partial charge on any atom is 0.242 e.